The zero-order valence-corrected chi connectivity index (χ0v) is 16.5. The van der Waals surface area contributed by atoms with Gasteiger partial charge < -0.3 is 4.90 Å². The molecule has 7 heteroatoms. The largest absolute Gasteiger partial charge is 0.336 e. The van der Waals surface area contributed by atoms with E-state index in [0.717, 1.165) is 25.2 Å². The molecule has 2 aromatic carbocycles. The van der Waals surface area contributed by atoms with E-state index in [0.29, 0.717) is 18.7 Å². The van der Waals surface area contributed by atoms with Gasteiger partial charge in [0.05, 0.1) is 4.90 Å². The Kier molecular flexibility index (Phi) is 5.64. The van der Waals surface area contributed by atoms with E-state index >= 15 is 0 Å². The van der Waals surface area contributed by atoms with Crippen LogP contribution in [0, 0.1) is 13.8 Å². The number of nitrogens with zero attached hydrogens (tertiary/aromatic N) is 2. The first-order valence-electron chi connectivity index (χ1n) is 8.95. The molecule has 0 spiro atoms. The van der Waals surface area contributed by atoms with Crippen molar-refractivity contribution in [3.8, 4) is 0 Å². The molecule has 0 radical (unpaired) electrons. The van der Waals surface area contributed by atoms with Crippen LogP contribution >= 0.6 is 0 Å². The average molecular weight is 388 g/mol. The van der Waals surface area contributed by atoms with E-state index in [4.69, 9.17) is 5.14 Å². The normalized spacial score (nSPS) is 15.7. The molecule has 0 saturated carbocycles. The molecular weight excluding hydrogens is 362 g/mol. The topological polar surface area (TPSA) is 83.7 Å². The number of carbonyl (C=O) groups excluding carboxylic acids is 1. The van der Waals surface area contributed by atoms with Crippen LogP contribution in [0.5, 0.6) is 0 Å². The number of carbonyl (C=O) groups is 1. The molecule has 1 aliphatic heterocycles. The Morgan fingerprint density at radius 2 is 1.67 bits per heavy atom. The second kappa shape index (κ2) is 7.80. The Morgan fingerprint density at radius 3 is 2.30 bits per heavy atom. The second-order valence-corrected chi connectivity index (χ2v) is 8.58. The predicted octanol–water partition coefficient (Wildman–Crippen LogP) is 1.91. The van der Waals surface area contributed by atoms with Crippen LogP contribution in [0.4, 0.5) is 0 Å². The summed E-state index contributed by atoms with van der Waals surface area (Å²) in [7, 11) is -3.83. The van der Waals surface area contributed by atoms with Crippen molar-refractivity contribution in [2.24, 2.45) is 5.14 Å². The first-order valence-corrected chi connectivity index (χ1v) is 10.5. The van der Waals surface area contributed by atoms with E-state index < -0.39 is 10.0 Å². The van der Waals surface area contributed by atoms with Gasteiger partial charge in [-0.05, 0) is 42.7 Å². The van der Waals surface area contributed by atoms with E-state index in [-0.39, 0.29) is 10.8 Å². The van der Waals surface area contributed by atoms with Crippen molar-refractivity contribution in [2.45, 2.75) is 25.3 Å². The second-order valence-electron chi connectivity index (χ2n) is 7.02. The summed E-state index contributed by atoms with van der Waals surface area (Å²) in [5, 5.41) is 5.20. The third kappa shape index (κ3) is 4.55. The van der Waals surface area contributed by atoms with Crippen molar-refractivity contribution in [1.82, 2.24) is 9.80 Å². The number of nitrogens with two attached hydrogens (primary N) is 1. The fourth-order valence-corrected chi connectivity index (χ4v) is 3.86. The zero-order chi connectivity index (χ0) is 19.6. The molecule has 3 rings (SSSR count). The van der Waals surface area contributed by atoms with Gasteiger partial charge in [-0.1, -0.05) is 30.3 Å². The number of sulfonamides is 1. The lowest BCUT2D eigenvalue weighted by atomic mass is 10.1. The average Bonchev–Trinajstić information content (AvgIpc) is 2.63. The highest BCUT2D eigenvalue weighted by Crippen LogP contribution is 2.18. The molecule has 0 aromatic heterocycles. The Bertz CT molecular complexity index is 949. The van der Waals surface area contributed by atoms with Crippen molar-refractivity contribution < 1.29 is 13.2 Å². The van der Waals surface area contributed by atoms with Crippen LogP contribution < -0.4 is 5.14 Å². The number of aryl methyl sites for hydroxylation is 2. The van der Waals surface area contributed by atoms with E-state index in [2.05, 4.69) is 24.0 Å². The van der Waals surface area contributed by atoms with Crippen molar-refractivity contribution in [2.75, 3.05) is 26.2 Å². The lowest BCUT2D eigenvalue weighted by molar-refractivity contribution is 0.0627. The number of hydrogen-bond donors (Lipinski definition) is 1. The fourth-order valence-electron chi connectivity index (χ4n) is 3.32. The zero-order valence-electron chi connectivity index (χ0n) is 15.7. The van der Waals surface area contributed by atoms with Gasteiger partial charge in [0, 0.05) is 38.3 Å². The summed E-state index contributed by atoms with van der Waals surface area (Å²) < 4.78 is 23.2. The van der Waals surface area contributed by atoms with Gasteiger partial charge in [0.15, 0.2) is 0 Å². The minimum Gasteiger partial charge on any atom is -0.336 e. The van der Waals surface area contributed by atoms with Gasteiger partial charge in [0.2, 0.25) is 10.0 Å². The first-order chi connectivity index (χ1) is 12.8. The smallest absolute Gasteiger partial charge is 0.254 e. The van der Waals surface area contributed by atoms with Crippen LogP contribution in [-0.2, 0) is 16.6 Å². The molecule has 2 N–H and O–H groups in total. The third-order valence-electron chi connectivity index (χ3n) is 5.08. The summed E-state index contributed by atoms with van der Waals surface area (Å²) in [6.07, 6.45) is 0. The van der Waals surface area contributed by atoms with Crippen LogP contribution in [0.1, 0.15) is 27.0 Å². The monoisotopic (exact) mass is 387 g/mol. The standard InChI is InChI=1S/C20H25N3O3S/c1-15-5-3-4-6-17(15)14-22-9-11-23(12-10-22)20(24)19-13-18(27(21,25)26)8-7-16(19)2/h3-8,13H,9-12,14H2,1-2H3,(H2,21,25,26). The number of amides is 1. The van der Waals surface area contributed by atoms with Gasteiger partial charge in [-0.3, -0.25) is 9.69 Å². The maximum atomic E-state index is 12.9. The number of rotatable bonds is 4. The molecule has 1 fully saturated rings. The summed E-state index contributed by atoms with van der Waals surface area (Å²) in [6, 6.07) is 12.8. The van der Waals surface area contributed by atoms with Crippen molar-refractivity contribution in [3.05, 3.63) is 64.7 Å². The predicted molar refractivity (Wildman–Crippen MR) is 105 cm³/mol. The highest BCUT2D eigenvalue weighted by atomic mass is 32.2. The fraction of sp³-hybridized carbons (Fsp3) is 0.350. The lowest BCUT2D eigenvalue weighted by Gasteiger charge is -2.35. The molecule has 6 nitrogen and oxygen atoms in total. The van der Waals surface area contributed by atoms with E-state index in [1.165, 1.54) is 23.3 Å². The Morgan fingerprint density at radius 1 is 1.00 bits per heavy atom. The Balaban J connectivity index is 1.68. The first kappa shape index (κ1) is 19.5. The van der Waals surface area contributed by atoms with Crippen molar-refractivity contribution >= 4 is 15.9 Å². The number of hydrogen-bond acceptors (Lipinski definition) is 4. The molecule has 1 amide bonds. The Hall–Kier alpha value is -2.22. The van der Waals surface area contributed by atoms with Crippen LogP contribution in [0.3, 0.4) is 0 Å². The summed E-state index contributed by atoms with van der Waals surface area (Å²) in [4.78, 5) is 17.0. The molecule has 1 heterocycles. The summed E-state index contributed by atoms with van der Waals surface area (Å²) >= 11 is 0. The summed E-state index contributed by atoms with van der Waals surface area (Å²) in [5.41, 5.74) is 3.71. The highest BCUT2D eigenvalue weighted by molar-refractivity contribution is 7.89. The maximum Gasteiger partial charge on any atom is 0.254 e. The van der Waals surface area contributed by atoms with Gasteiger partial charge in [-0.2, -0.15) is 0 Å². The van der Waals surface area contributed by atoms with Crippen molar-refractivity contribution in [3.63, 3.8) is 0 Å². The SMILES string of the molecule is Cc1ccccc1CN1CCN(C(=O)c2cc(S(N)(=O)=O)ccc2C)CC1. The molecule has 0 bridgehead atoms. The van der Waals surface area contributed by atoms with Crippen LogP contribution in [0.2, 0.25) is 0 Å². The molecule has 1 aliphatic rings. The molecule has 0 unspecified atom stereocenters. The van der Waals surface area contributed by atoms with Gasteiger partial charge in [-0.25, -0.2) is 13.6 Å². The molecule has 144 valence electrons. The quantitative estimate of drug-likeness (QED) is 0.869. The van der Waals surface area contributed by atoms with E-state index in [1.807, 2.05) is 12.1 Å². The minimum absolute atomic E-state index is 0.0327. The molecule has 27 heavy (non-hydrogen) atoms. The summed E-state index contributed by atoms with van der Waals surface area (Å²) in [6.45, 7) is 7.58. The molecule has 1 saturated heterocycles. The minimum atomic E-state index is -3.83. The van der Waals surface area contributed by atoms with E-state index in [9.17, 15) is 13.2 Å². The van der Waals surface area contributed by atoms with Gasteiger partial charge in [-0.15, -0.1) is 0 Å². The number of piperazine rings is 1. The third-order valence-corrected chi connectivity index (χ3v) is 5.99. The highest BCUT2D eigenvalue weighted by Gasteiger charge is 2.24. The Labute approximate surface area is 160 Å². The van der Waals surface area contributed by atoms with E-state index in [1.54, 1.807) is 17.9 Å². The molecule has 0 aliphatic carbocycles. The summed E-state index contributed by atoms with van der Waals surface area (Å²) in [5.74, 6) is -0.145. The number of benzene rings is 2. The van der Waals surface area contributed by atoms with Gasteiger partial charge >= 0.3 is 0 Å². The van der Waals surface area contributed by atoms with Gasteiger partial charge in [0.25, 0.3) is 5.91 Å². The lowest BCUT2D eigenvalue weighted by Crippen LogP contribution is -2.48. The molecular formula is C20H25N3O3S. The van der Waals surface area contributed by atoms with Crippen LogP contribution in [0.15, 0.2) is 47.4 Å². The van der Waals surface area contributed by atoms with Crippen LogP contribution in [0.25, 0.3) is 0 Å². The van der Waals surface area contributed by atoms with Crippen LogP contribution in [-0.4, -0.2) is 50.3 Å². The van der Waals surface area contributed by atoms with Crippen molar-refractivity contribution in [1.29, 1.82) is 0 Å². The molecule has 0 atom stereocenters. The maximum absolute atomic E-state index is 12.9. The molecule has 2 aromatic rings. The van der Waals surface area contributed by atoms with Gasteiger partial charge in [0.1, 0.15) is 0 Å². The number of primary sulfonamides is 1.